The molecule has 176 valence electrons. The summed E-state index contributed by atoms with van der Waals surface area (Å²) in [4.78, 5) is 31.4. The Bertz CT molecular complexity index is 907. The minimum absolute atomic E-state index is 0.00742. The topological polar surface area (TPSA) is 110 Å². The highest BCUT2D eigenvalue weighted by molar-refractivity contribution is 8.25. The van der Waals surface area contributed by atoms with Crippen molar-refractivity contribution in [1.29, 1.82) is 0 Å². The average molecular weight is 465 g/mol. The second kappa shape index (κ2) is 7.82. The van der Waals surface area contributed by atoms with Gasteiger partial charge in [-0.25, -0.2) is 9.59 Å². The number of carbonyl (C=O) groups is 3. The molecule has 1 heterocycles. The van der Waals surface area contributed by atoms with E-state index in [0.29, 0.717) is 17.1 Å². The standard InChI is InChI=1S/C22H30O3.C2H2O4S/c1-20(2)24-18-17(23)12-13-7-8-14-15-6-5-10-21(15,3)11-9-16(14)22(13,4)19(18)25-20;3-1(4)7-2(5)6/h12,14-16H,5-11H2,1-4H3;(H,3,4)(H,5,6)/t14-,15-,16-,21-,22-;/m0./s1. The fraction of sp³-hybridized carbons (Fsp3) is 0.708. The molecule has 5 atom stereocenters. The average Bonchev–Trinajstić information content (AvgIpc) is 3.22. The Hall–Kier alpha value is -1.96. The van der Waals surface area contributed by atoms with Crippen LogP contribution in [0.5, 0.6) is 0 Å². The number of rotatable bonds is 0. The Balaban J connectivity index is 0.000000307. The first-order chi connectivity index (χ1) is 14.9. The Morgan fingerprint density at radius 1 is 1.00 bits per heavy atom. The van der Waals surface area contributed by atoms with Gasteiger partial charge in [0.1, 0.15) is 0 Å². The van der Waals surface area contributed by atoms with Gasteiger partial charge < -0.3 is 19.7 Å². The van der Waals surface area contributed by atoms with Crippen molar-refractivity contribution in [2.45, 2.75) is 78.4 Å². The van der Waals surface area contributed by atoms with E-state index in [1.165, 1.54) is 44.1 Å². The third-order valence-corrected chi connectivity index (χ3v) is 8.80. The third kappa shape index (κ3) is 3.74. The maximum atomic E-state index is 12.6. The monoisotopic (exact) mass is 464 g/mol. The van der Waals surface area contributed by atoms with E-state index < -0.39 is 16.4 Å². The molecule has 4 aliphatic carbocycles. The summed E-state index contributed by atoms with van der Waals surface area (Å²) < 4.78 is 12.2. The highest BCUT2D eigenvalue weighted by Gasteiger charge is 2.61. The third-order valence-electron chi connectivity index (χ3n) is 8.45. The van der Waals surface area contributed by atoms with Gasteiger partial charge in [-0.1, -0.05) is 18.9 Å². The molecule has 0 unspecified atom stereocenters. The molecule has 8 heteroatoms. The SMILES string of the molecule is CC1(C)OC2=C(O1)[C@@]1(C)C(=CC2=O)CC[C@H]2[C@@H]3CCC[C@@]3(C)CC[C@@H]21.O=C(O)SC(=O)O. The predicted octanol–water partition coefficient (Wildman–Crippen LogP) is 6.20. The van der Waals surface area contributed by atoms with Crippen molar-refractivity contribution in [3.05, 3.63) is 23.2 Å². The van der Waals surface area contributed by atoms with Crippen LogP contribution < -0.4 is 0 Å². The molecule has 2 N–H and O–H groups in total. The van der Waals surface area contributed by atoms with Gasteiger partial charge in [-0.05, 0) is 74.7 Å². The highest BCUT2D eigenvalue weighted by Crippen LogP contribution is 2.67. The van der Waals surface area contributed by atoms with Crippen LogP contribution in [0.15, 0.2) is 23.2 Å². The van der Waals surface area contributed by atoms with E-state index in [9.17, 15) is 14.4 Å². The van der Waals surface area contributed by atoms with Crippen LogP contribution in [0.4, 0.5) is 9.59 Å². The van der Waals surface area contributed by atoms with Crippen molar-refractivity contribution in [3.8, 4) is 0 Å². The molecular formula is C24H32O7S. The first-order valence-electron chi connectivity index (χ1n) is 11.4. The smallest absolute Gasteiger partial charge is 0.376 e. The summed E-state index contributed by atoms with van der Waals surface area (Å²) in [5.74, 6) is 2.80. The fourth-order valence-corrected chi connectivity index (χ4v) is 7.31. The summed E-state index contributed by atoms with van der Waals surface area (Å²) in [6, 6.07) is 0. The summed E-state index contributed by atoms with van der Waals surface area (Å²) in [7, 11) is 0. The van der Waals surface area contributed by atoms with Gasteiger partial charge >= 0.3 is 10.6 Å². The van der Waals surface area contributed by atoms with Crippen LogP contribution in [0, 0.1) is 28.6 Å². The molecule has 3 fully saturated rings. The molecule has 0 spiro atoms. The zero-order valence-electron chi connectivity index (χ0n) is 19.1. The van der Waals surface area contributed by atoms with Crippen LogP contribution >= 0.6 is 11.8 Å². The molecular weight excluding hydrogens is 432 g/mol. The molecule has 0 saturated heterocycles. The number of thioether (sulfide) groups is 1. The molecule has 7 nitrogen and oxygen atoms in total. The number of ether oxygens (including phenoxy) is 2. The van der Waals surface area contributed by atoms with E-state index in [4.69, 9.17) is 19.7 Å². The van der Waals surface area contributed by atoms with E-state index in [0.717, 1.165) is 24.0 Å². The van der Waals surface area contributed by atoms with Crippen molar-refractivity contribution in [2.24, 2.45) is 28.6 Å². The molecule has 0 bridgehead atoms. The largest absolute Gasteiger partial charge is 0.473 e. The van der Waals surface area contributed by atoms with Gasteiger partial charge in [0.05, 0.1) is 17.2 Å². The van der Waals surface area contributed by atoms with Gasteiger partial charge in [0.2, 0.25) is 17.3 Å². The van der Waals surface area contributed by atoms with Crippen LogP contribution in [0.2, 0.25) is 0 Å². The molecule has 32 heavy (non-hydrogen) atoms. The minimum atomic E-state index is -1.40. The molecule has 0 aromatic rings. The summed E-state index contributed by atoms with van der Waals surface area (Å²) in [6.45, 7) is 8.69. The zero-order valence-corrected chi connectivity index (χ0v) is 19.9. The van der Waals surface area contributed by atoms with Crippen LogP contribution in [0.3, 0.4) is 0 Å². The van der Waals surface area contributed by atoms with E-state index in [-0.39, 0.29) is 23.0 Å². The molecule has 0 radical (unpaired) electrons. The molecule has 0 aromatic heterocycles. The highest BCUT2D eigenvalue weighted by atomic mass is 32.2. The number of carbonyl (C=O) groups excluding carboxylic acids is 1. The van der Waals surface area contributed by atoms with Crippen LogP contribution in [0.1, 0.15) is 72.6 Å². The van der Waals surface area contributed by atoms with Crippen molar-refractivity contribution in [1.82, 2.24) is 0 Å². The first kappa shape index (κ1) is 23.2. The Labute approximate surface area is 192 Å². The quantitative estimate of drug-likeness (QED) is 0.436. The number of fused-ring (bicyclic) bond motifs is 6. The lowest BCUT2D eigenvalue weighted by atomic mass is 9.48. The summed E-state index contributed by atoms with van der Waals surface area (Å²) >= 11 is -0.157. The number of ketones is 1. The van der Waals surface area contributed by atoms with E-state index in [2.05, 4.69) is 13.8 Å². The van der Waals surface area contributed by atoms with E-state index >= 15 is 0 Å². The lowest BCUT2D eigenvalue weighted by molar-refractivity contribution is -0.141. The molecule has 3 saturated carbocycles. The Morgan fingerprint density at radius 3 is 2.31 bits per heavy atom. The van der Waals surface area contributed by atoms with Crippen molar-refractivity contribution in [3.63, 3.8) is 0 Å². The van der Waals surface area contributed by atoms with Crippen molar-refractivity contribution in [2.75, 3.05) is 0 Å². The summed E-state index contributed by atoms with van der Waals surface area (Å²) in [6.07, 6.45) is 10.9. The number of hydrogen-bond donors (Lipinski definition) is 2. The normalized spacial score (nSPS) is 38.6. The van der Waals surface area contributed by atoms with Gasteiger partial charge in [-0.2, -0.15) is 0 Å². The van der Waals surface area contributed by atoms with Gasteiger partial charge in [0, 0.05) is 13.8 Å². The lowest BCUT2D eigenvalue weighted by Gasteiger charge is -2.56. The lowest BCUT2D eigenvalue weighted by Crippen LogP contribution is -2.50. The number of carboxylic acid groups (broad SMARTS) is 2. The van der Waals surface area contributed by atoms with Gasteiger partial charge in [-0.15, -0.1) is 0 Å². The summed E-state index contributed by atoms with van der Waals surface area (Å²) in [5.41, 5.74) is 1.69. The second-order valence-electron chi connectivity index (χ2n) is 10.6. The van der Waals surface area contributed by atoms with Gasteiger partial charge in [0.15, 0.2) is 5.76 Å². The van der Waals surface area contributed by atoms with Gasteiger partial charge in [-0.3, -0.25) is 4.79 Å². The minimum Gasteiger partial charge on any atom is -0.473 e. The fourth-order valence-electron chi connectivity index (χ4n) is 7.16. The molecule has 5 aliphatic rings. The van der Waals surface area contributed by atoms with E-state index in [1.807, 2.05) is 19.9 Å². The first-order valence-corrected chi connectivity index (χ1v) is 12.2. The second-order valence-corrected chi connectivity index (χ2v) is 11.5. The predicted molar refractivity (Wildman–Crippen MR) is 119 cm³/mol. The maximum absolute atomic E-state index is 12.6. The number of hydrogen-bond acceptors (Lipinski definition) is 6. The van der Waals surface area contributed by atoms with Crippen molar-refractivity contribution < 1.29 is 34.1 Å². The van der Waals surface area contributed by atoms with Crippen molar-refractivity contribution >= 4 is 28.1 Å². The van der Waals surface area contributed by atoms with E-state index in [1.54, 1.807) is 0 Å². The Morgan fingerprint density at radius 2 is 1.69 bits per heavy atom. The number of allylic oxidation sites excluding steroid dienone is 2. The van der Waals surface area contributed by atoms with Crippen LogP contribution in [0.25, 0.3) is 0 Å². The van der Waals surface area contributed by atoms with Crippen LogP contribution in [-0.2, 0) is 14.3 Å². The Kier molecular flexibility index (Phi) is 5.67. The van der Waals surface area contributed by atoms with Crippen LogP contribution in [-0.4, -0.2) is 32.4 Å². The molecule has 0 aromatic carbocycles. The zero-order chi connectivity index (χ0) is 23.5. The molecule has 1 aliphatic heterocycles. The maximum Gasteiger partial charge on any atom is 0.376 e. The summed E-state index contributed by atoms with van der Waals surface area (Å²) in [5, 5.41) is 12.5. The molecule has 5 rings (SSSR count). The molecule has 0 amide bonds. The van der Waals surface area contributed by atoms with Gasteiger partial charge in [0.25, 0.3) is 0 Å².